The van der Waals surface area contributed by atoms with E-state index in [0.29, 0.717) is 11.5 Å². The van der Waals surface area contributed by atoms with E-state index in [-0.39, 0.29) is 5.82 Å². The highest BCUT2D eigenvalue weighted by atomic mass is 15.3. The maximum Gasteiger partial charge on any atom is 0.218 e. The molecular weight excluding hydrogens is 218 g/mol. The van der Waals surface area contributed by atoms with Crippen LogP contribution in [-0.2, 0) is 0 Å². The number of rotatable bonds is 1. The van der Waals surface area contributed by atoms with Crippen LogP contribution in [0.4, 0.5) is 0 Å². The fraction of sp³-hybridized carbons (Fsp3) is 0.100. The van der Waals surface area contributed by atoms with Crippen LogP contribution in [0.25, 0.3) is 11.5 Å². The van der Waals surface area contributed by atoms with Gasteiger partial charge in [-0.15, -0.1) is 10.2 Å². The maximum absolute atomic E-state index is 8.94. The van der Waals surface area contributed by atoms with Crippen molar-refractivity contribution in [1.82, 2.24) is 29.1 Å². The van der Waals surface area contributed by atoms with Crippen LogP contribution in [0.5, 0.6) is 0 Å². The molecule has 0 saturated heterocycles. The van der Waals surface area contributed by atoms with Crippen molar-refractivity contribution in [3.63, 3.8) is 0 Å². The van der Waals surface area contributed by atoms with Crippen LogP contribution in [0.2, 0.25) is 0 Å². The van der Waals surface area contributed by atoms with Crippen LogP contribution < -0.4 is 0 Å². The Morgan fingerprint density at radius 1 is 1.18 bits per heavy atom. The molecule has 3 heterocycles. The summed E-state index contributed by atoms with van der Waals surface area (Å²) in [6, 6.07) is 2.00. The standard InChI is InChI=1S/C10H7N7/c1-7-14-15-10-9(13-3-4-16(7)10)17-5-2-12-8(17)6-11/h2-5H,1H3. The van der Waals surface area contributed by atoms with Crippen LogP contribution in [0.3, 0.4) is 0 Å². The van der Waals surface area contributed by atoms with Crippen molar-refractivity contribution in [1.29, 1.82) is 5.26 Å². The van der Waals surface area contributed by atoms with Gasteiger partial charge in [-0.1, -0.05) is 0 Å². The first-order chi connectivity index (χ1) is 8.31. The summed E-state index contributed by atoms with van der Waals surface area (Å²) in [5.41, 5.74) is 0.597. The largest absolute Gasteiger partial charge is 0.282 e. The number of aryl methyl sites for hydroxylation is 1. The predicted molar refractivity (Wildman–Crippen MR) is 57.4 cm³/mol. The number of hydrogen-bond donors (Lipinski definition) is 0. The average molecular weight is 225 g/mol. The van der Waals surface area contributed by atoms with E-state index < -0.39 is 0 Å². The third-order valence-corrected chi connectivity index (χ3v) is 2.45. The average Bonchev–Trinajstić information content (AvgIpc) is 2.96. The molecule has 0 atom stereocenters. The summed E-state index contributed by atoms with van der Waals surface area (Å²) in [5.74, 6) is 1.58. The molecule has 0 amide bonds. The monoisotopic (exact) mass is 225 g/mol. The summed E-state index contributed by atoms with van der Waals surface area (Å²) in [6.07, 6.45) is 6.63. The topological polar surface area (TPSA) is 84.7 Å². The third-order valence-electron chi connectivity index (χ3n) is 2.45. The third kappa shape index (κ3) is 1.28. The number of nitrogens with zero attached hydrogens (tertiary/aromatic N) is 7. The SMILES string of the molecule is Cc1nnc2c(-n3ccnc3C#N)nccn12. The first-order valence-corrected chi connectivity index (χ1v) is 4.91. The molecular formula is C10H7N7. The van der Waals surface area contributed by atoms with Gasteiger partial charge in [-0.05, 0) is 6.92 Å². The van der Waals surface area contributed by atoms with E-state index >= 15 is 0 Å². The number of fused-ring (bicyclic) bond motifs is 1. The van der Waals surface area contributed by atoms with Crippen molar-refractivity contribution in [3.8, 4) is 11.9 Å². The molecule has 7 nitrogen and oxygen atoms in total. The normalized spacial score (nSPS) is 10.6. The van der Waals surface area contributed by atoms with E-state index in [2.05, 4.69) is 20.2 Å². The molecule has 0 aliphatic heterocycles. The highest BCUT2D eigenvalue weighted by Gasteiger charge is 2.12. The predicted octanol–water partition coefficient (Wildman–Crippen LogP) is 0.490. The summed E-state index contributed by atoms with van der Waals surface area (Å²) >= 11 is 0. The molecule has 0 aromatic carbocycles. The molecule has 17 heavy (non-hydrogen) atoms. The van der Waals surface area contributed by atoms with Gasteiger partial charge in [-0.2, -0.15) is 5.26 Å². The van der Waals surface area contributed by atoms with Crippen molar-refractivity contribution in [3.05, 3.63) is 36.4 Å². The molecule has 0 unspecified atom stereocenters. The van der Waals surface area contributed by atoms with E-state index in [1.165, 1.54) is 0 Å². The zero-order chi connectivity index (χ0) is 11.8. The Hall–Kier alpha value is -2.75. The lowest BCUT2D eigenvalue weighted by Gasteiger charge is -2.03. The lowest BCUT2D eigenvalue weighted by molar-refractivity contribution is 0.942. The highest BCUT2D eigenvalue weighted by molar-refractivity contribution is 5.54. The van der Waals surface area contributed by atoms with Crippen LogP contribution >= 0.6 is 0 Å². The Morgan fingerprint density at radius 3 is 2.82 bits per heavy atom. The Labute approximate surface area is 96.0 Å². The van der Waals surface area contributed by atoms with Gasteiger partial charge in [0.1, 0.15) is 11.9 Å². The van der Waals surface area contributed by atoms with Crippen molar-refractivity contribution in [2.45, 2.75) is 6.92 Å². The van der Waals surface area contributed by atoms with Crippen molar-refractivity contribution >= 4 is 5.65 Å². The number of hydrogen-bond acceptors (Lipinski definition) is 5. The van der Waals surface area contributed by atoms with Gasteiger partial charge in [0.05, 0.1) is 0 Å². The van der Waals surface area contributed by atoms with E-state index in [1.807, 2.05) is 17.4 Å². The zero-order valence-corrected chi connectivity index (χ0v) is 8.94. The van der Waals surface area contributed by atoms with Gasteiger partial charge in [0.15, 0.2) is 5.82 Å². The zero-order valence-electron chi connectivity index (χ0n) is 8.94. The van der Waals surface area contributed by atoms with E-state index in [9.17, 15) is 0 Å². The van der Waals surface area contributed by atoms with Gasteiger partial charge in [0.25, 0.3) is 0 Å². The molecule has 3 aromatic rings. The van der Waals surface area contributed by atoms with Crippen molar-refractivity contribution in [2.24, 2.45) is 0 Å². The summed E-state index contributed by atoms with van der Waals surface area (Å²) in [7, 11) is 0. The first-order valence-electron chi connectivity index (χ1n) is 4.91. The second-order valence-corrected chi connectivity index (χ2v) is 3.42. The van der Waals surface area contributed by atoms with Crippen LogP contribution in [0.1, 0.15) is 11.6 Å². The van der Waals surface area contributed by atoms with E-state index in [4.69, 9.17) is 5.26 Å². The van der Waals surface area contributed by atoms with Crippen LogP contribution in [0.15, 0.2) is 24.8 Å². The molecule has 0 bridgehead atoms. The Balaban J connectivity index is 2.35. The molecule has 0 radical (unpaired) electrons. The van der Waals surface area contributed by atoms with Gasteiger partial charge in [-0.25, -0.2) is 9.97 Å². The second kappa shape index (κ2) is 3.38. The number of imidazole rings is 1. The van der Waals surface area contributed by atoms with Gasteiger partial charge >= 0.3 is 0 Å². The van der Waals surface area contributed by atoms with Crippen LogP contribution in [0, 0.1) is 18.3 Å². The van der Waals surface area contributed by atoms with E-state index in [0.717, 1.165) is 5.82 Å². The smallest absolute Gasteiger partial charge is 0.218 e. The Bertz CT molecular complexity index is 731. The Kier molecular flexibility index (Phi) is 1.88. The Morgan fingerprint density at radius 2 is 2.00 bits per heavy atom. The summed E-state index contributed by atoms with van der Waals surface area (Å²) < 4.78 is 3.40. The van der Waals surface area contributed by atoms with Crippen molar-refractivity contribution < 1.29 is 0 Å². The minimum atomic E-state index is 0.270. The van der Waals surface area contributed by atoms with Gasteiger partial charge in [0.2, 0.25) is 11.5 Å². The van der Waals surface area contributed by atoms with Crippen LogP contribution in [-0.4, -0.2) is 29.1 Å². The molecule has 0 fully saturated rings. The fourth-order valence-electron chi connectivity index (χ4n) is 1.66. The van der Waals surface area contributed by atoms with Gasteiger partial charge in [0, 0.05) is 24.8 Å². The molecule has 0 aliphatic rings. The maximum atomic E-state index is 8.94. The molecule has 3 rings (SSSR count). The quantitative estimate of drug-likeness (QED) is 0.601. The molecule has 0 saturated carbocycles. The van der Waals surface area contributed by atoms with Crippen molar-refractivity contribution in [2.75, 3.05) is 0 Å². The first kappa shape index (κ1) is 9.47. The molecule has 7 heteroatoms. The highest BCUT2D eigenvalue weighted by Crippen LogP contribution is 2.13. The second-order valence-electron chi connectivity index (χ2n) is 3.42. The van der Waals surface area contributed by atoms with Gasteiger partial charge in [-0.3, -0.25) is 8.97 Å². The number of aromatic nitrogens is 6. The lowest BCUT2D eigenvalue weighted by Crippen LogP contribution is -2.03. The number of nitriles is 1. The van der Waals surface area contributed by atoms with Gasteiger partial charge < -0.3 is 0 Å². The fourth-order valence-corrected chi connectivity index (χ4v) is 1.66. The summed E-state index contributed by atoms with van der Waals surface area (Å²) in [4.78, 5) is 8.15. The lowest BCUT2D eigenvalue weighted by atomic mass is 10.5. The molecule has 0 spiro atoms. The summed E-state index contributed by atoms with van der Waals surface area (Å²) in [5, 5.41) is 17.0. The minimum absolute atomic E-state index is 0.270. The molecule has 0 aliphatic carbocycles. The molecule has 0 N–H and O–H groups in total. The summed E-state index contributed by atoms with van der Waals surface area (Å²) in [6.45, 7) is 1.85. The minimum Gasteiger partial charge on any atom is -0.282 e. The molecule has 3 aromatic heterocycles. The molecule has 82 valence electrons. The van der Waals surface area contributed by atoms with E-state index in [1.54, 1.807) is 29.4 Å².